The minimum atomic E-state index is 0.0903. The van der Waals surface area contributed by atoms with Crippen molar-refractivity contribution in [2.75, 3.05) is 13.1 Å². The van der Waals surface area contributed by atoms with E-state index in [1.165, 1.54) is 19.3 Å². The molecule has 2 N–H and O–H groups in total. The first-order valence-corrected chi connectivity index (χ1v) is 5.37. The summed E-state index contributed by atoms with van der Waals surface area (Å²) in [5, 5.41) is 6.22. The summed E-state index contributed by atoms with van der Waals surface area (Å²) in [7, 11) is 0. The van der Waals surface area contributed by atoms with Crippen LogP contribution >= 0.6 is 0 Å². The lowest BCUT2D eigenvalue weighted by molar-refractivity contribution is -0.124. The average molecular weight is 182 g/mol. The number of nitrogens with one attached hydrogen (secondary N) is 2. The Kier molecular flexibility index (Phi) is 2.83. The number of rotatable bonds is 4. The topological polar surface area (TPSA) is 41.1 Å². The Hall–Kier alpha value is -0.570. The van der Waals surface area contributed by atoms with Crippen molar-refractivity contribution >= 4 is 5.91 Å². The van der Waals surface area contributed by atoms with Crippen molar-refractivity contribution in [1.82, 2.24) is 10.6 Å². The van der Waals surface area contributed by atoms with Gasteiger partial charge in [0.2, 0.25) is 5.91 Å². The summed E-state index contributed by atoms with van der Waals surface area (Å²) in [5.74, 6) is 1.15. The molecule has 1 amide bonds. The summed E-state index contributed by atoms with van der Waals surface area (Å²) in [4.78, 5) is 11.3. The fraction of sp³-hybridized carbons (Fsp3) is 0.900. The van der Waals surface area contributed by atoms with Crippen LogP contribution in [0.25, 0.3) is 0 Å². The van der Waals surface area contributed by atoms with Gasteiger partial charge < -0.3 is 10.6 Å². The molecule has 0 aromatic rings. The Bertz CT molecular complexity index is 189. The summed E-state index contributed by atoms with van der Waals surface area (Å²) in [6.45, 7) is 1.88. The molecular weight excluding hydrogens is 164 g/mol. The Balaban J connectivity index is 1.63. The van der Waals surface area contributed by atoms with Crippen molar-refractivity contribution < 1.29 is 4.79 Å². The first-order chi connectivity index (χ1) is 6.36. The zero-order chi connectivity index (χ0) is 9.10. The van der Waals surface area contributed by atoms with Gasteiger partial charge in [0.05, 0.1) is 6.04 Å². The summed E-state index contributed by atoms with van der Waals surface area (Å²) < 4.78 is 0. The molecule has 1 saturated heterocycles. The standard InChI is InChI=1S/C10H18N2O/c13-10-9(2-1-6-12-10)11-7-5-8-3-4-8/h8-9,11H,1-7H2,(H,12,13). The van der Waals surface area contributed by atoms with E-state index in [1.54, 1.807) is 0 Å². The van der Waals surface area contributed by atoms with Crippen molar-refractivity contribution in [2.45, 2.75) is 38.1 Å². The van der Waals surface area contributed by atoms with Crippen molar-refractivity contribution in [3.05, 3.63) is 0 Å². The van der Waals surface area contributed by atoms with Gasteiger partial charge in [0.15, 0.2) is 0 Å². The first kappa shape index (κ1) is 9.00. The van der Waals surface area contributed by atoms with E-state index in [0.29, 0.717) is 0 Å². The number of amides is 1. The minimum Gasteiger partial charge on any atom is -0.355 e. The molecule has 13 heavy (non-hydrogen) atoms. The largest absolute Gasteiger partial charge is 0.355 e. The van der Waals surface area contributed by atoms with Gasteiger partial charge in [-0.2, -0.15) is 0 Å². The normalized spacial score (nSPS) is 28.6. The van der Waals surface area contributed by atoms with E-state index in [9.17, 15) is 4.79 Å². The van der Waals surface area contributed by atoms with E-state index in [1.807, 2.05) is 0 Å². The van der Waals surface area contributed by atoms with E-state index in [4.69, 9.17) is 0 Å². The molecule has 3 heteroatoms. The van der Waals surface area contributed by atoms with Crippen LogP contribution in [0.3, 0.4) is 0 Å². The third-order valence-corrected chi connectivity index (χ3v) is 2.93. The molecule has 1 saturated carbocycles. The molecule has 3 nitrogen and oxygen atoms in total. The second kappa shape index (κ2) is 4.09. The molecule has 0 aromatic heterocycles. The molecule has 1 heterocycles. The van der Waals surface area contributed by atoms with Crippen LogP contribution < -0.4 is 10.6 Å². The molecule has 1 aliphatic heterocycles. The predicted molar refractivity (Wildman–Crippen MR) is 51.4 cm³/mol. The predicted octanol–water partition coefficient (Wildman–Crippen LogP) is 0.655. The Morgan fingerprint density at radius 1 is 1.38 bits per heavy atom. The van der Waals surface area contributed by atoms with Crippen molar-refractivity contribution in [1.29, 1.82) is 0 Å². The van der Waals surface area contributed by atoms with E-state index in [0.717, 1.165) is 31.8 Å². The van der Waals surface area contributed by atoms with Crippen molar-refractivity contribution in [2.24, 2.45) is 5.92 Å². The highest BCUT2D eigenvalue weighted by atomic mass is 16.2. The third-order valence-electron chi connectivity index (χ3n) is 2.93. The van der Waals surface area contributed by atoms with Gasteiger partial charge in [0.25, 0.3) is 0 Å². The number of carbonyl (C=O) groups is 1. The molecule has 1 unspecified atom stereocenters. The highest BCUT2D eigenvalue weighted by Crippen LogP contribution is 2.31. The molecule has 0 spiro atoms. The van der Waals surface area contributed by atoms with Gasteiger partial charge in [-0.15, -0.1) is 0 Å². The minimum absolute atomic E-state index is 0.0903. The van der Waals surface area contributed by atoms with Crippen LogP contribution in [0.5, 0.6) is 0 Å². The molecule has 74 valence electrons. The summed E-state index contributed by atoms with van der Waals surface area (Å²) in [6.07, 6.45) is 6.18. The fourth-order valence-electron chi connectivity index (χ4n) is 1.84. The summed E-state index contributed by atoms with van der Waals surface area (Å²) in [5.41, 5.74) is 0. The van der Waals surface area contributed by atoms with Crippen LogP contribution in [0.2, 0.25) is 0 Å². The van der Waals surface area contributed by atoms with Crippen LogP contribution in [0.15, 0.2) is 0 Å². The highest BCUT2D eigenvalue weighted by molar-refractivity contribution is 5.82. The molecule has 0 aromatic carbocycles. The summed E-state index contributed by atoms with van der Waals surface area (Å²) >= 11 is 0. The quantitative estimate of drug-likeness (QED) is 0.670. The van der Waals surface area contributed by atoms with Gasteiger partial charge in [-0.05, 0) is 31.7 Å². The van der Waals surface area contributed by atoms with Gasteiger partial charge in [-0.25, -0.2) is 0 Å². The lowest BCUT2D eigenvalue weighted by Gasteiger charge is -2.22. The molecule has 0 bridgehead atoms. The molecular formula is C10H18N2O. The van der Waals surface area contributed by atoms with Gasteiger partial charge in [-0.1, -0.05) is 12.8 Å². The molecule has 0 radical (unpaired) electrons. The molecule has 2 fully saturated rings. The highest BCUT2D eigenvalue weighted by Gasteiger charge is 2.23. The zero-order valence-electron chi connectivity index (χ0n) is 8.01. The number of hydrogen-bond donors (Lipinski definition) is 2. The van der Waals surface area contributed by atoms with Crippen LogP contribution in [0, 0.1) is 5.92 Å². The van der Waals surface area contributed by atoms with Gasteiger partial charge in [-0.3, -0.25) is 4.79 Å². The molecule has 2 aliphatic rings. The maximum Gasteiger partial charge on any atom is 0.237 e. The van der Waals surface area contributed by atoms with E-state index in [2.05, 4.69) is 10.6 Å². The lowest BCUT2D eigenvalue weighted by atomic mass is 10.1. The van der Waals surface area contributed by atoms with E-state index >= 15 is 0 Å². The monoisotopic (exact) mass is 182 g/mol. The SMILES string of the molecule is O=C1NCCCC1NCCC1CC1. The summed E-state index contributed by atoms with van der Waals surface area (Å²) in [6, 6.07) is 0.0903. The third kappa shape index (κ3) is 2.69. The second-order valence-corrected chi connectivity index (χ2v) is 4.17. The molecule has 2 rings (SSSR count). The number of piperidine rings is 1. The Morgan fingerprint density at radius 2 is 2.23 bits per heavy atom. The van der Waals surface area contributed by atoms with Crippen LogP contribution in [0.4, 0.5) is 0 Å². The second-order valence-electron chi connectivity index (χ2n) is 4.17. The van der Waals surface area contributed by atoms with Crippen molar-refractivity contribution in [3.63, 3.8) is 0 Å². The zero-order valence-corrected chi connectivity index (χ0v) is 8.01. The van der Waals surface area contributed by atoms with Gasteiger partial charge in [0, 0.05) is 6.54 Å². The Labute approximate surface area is 79.3 Å². The van der Waals surface area contributed by atoms with E-state index < -0.39 is 0 Å². The Morgan fingerprint density at radius 3 is 2.92 bits per heavy atom. The molecule has 1 aliphatic carbocycles. The smallest absolute Gasteiger partial charge is 0.237 e. The number of carbonyl (C=O) groups excluding carboxylic acids is 1. The van der Waals surface area contributed by atoms with Crippen LogP contribution in [-0.2, 0) is 4.79 Å². The number of hydrogen-bond acceptors (Lipinski definition) is 2. The van der Waals surface area contributed by atoms with Gasteiger partial charge in [0.1, 0.15) is 0 Å². The maximum absolute atomic E-state index is 11.3. The fourth-order valence-corrected chi connectivity index (χ4v) is 1.84. The van der Waals surface area contributed by atoms with E-state index in [-0.39, 0.29) is 11.9 Å². The maximum atomic E-state index is 11.3. The van der Waals surface area contributed by atoms with Crippen molar-refractivity contribution in [3.8, 4) is 0 Å². The van der Waals surface area contributed by atoms with Crippen LogP contribution in [-0.4, -0.2) is 25.0 Å². The molecule has 1 atom stereocenters. The first-order valence-electron chi connectivity index (χ1n) is 5.37. The van der Waals surface area contributed by atoms with Crippen LogP contribution in [0.1, 0.15) is 32.1 Å². The van der Waals surface area contributed by atoms with Gasteiger partial charge >= 0.3 is 0 Å². The lowest BCUT2D eigenvalue weighted by Crippen LogP contribution is -2.48. The average Bonchev–Trinajstić information content (AvgIpc) is 2.92.